The molecule has 2 amide bonds. The van der Waals surface area contributed by atoms with Crippen LogP contribution in [0, 0.1) is 0 Å². The molecule has 0 aliphatic carbocycles. The highest BCUT2D eigenvalue weighted by Crippen LogP contribution is 2.33. The number of halogens is 1. The van der Waals surface area contributed by atoms with Gasteiger partial charge in [0.05, 0.1) is 13.2 Å². The summed E-state index contributed by atoms with van der Waals surface area (Å²) in [4.78, 5) is 28.9. The highest BCUT2D eigenvalue weighted by atomic mass is 35.5. The molecule has 0 saturated carbocycles. The standard InChI is InChI=1S/C19H23ClN2O4/c20-15-4-2-1-3-14(15)13-22-16(5-6-17(22)23)18(24)21-9-7-19(8-10-21)25-11-12-26-19/h1-4,16H,5-13H2/t16-/m1/s1. The van der Waals surface area contributed by atoms with Gasteiger partial charge in [-0.15, -0.1) is 0 Å². The maximum absolute atomic E-state index is 13.1. The molecule has 7 heteroatoms. The molecule has 0 radical (unpaired) electrons. The Morgan fingerprint density at radius 3 is 2.58 bits per heavy atom. The quantitative estimate of drug-likeness (QED) is 0.809. The molecule has 0 bridgehead atoms. The second-order valence-electron chi connectivity index (χ2n) is 7.10. The lowest BCUT2D eigenvalue weighted by atomic mass is 10.0. The smallest absolute Gasteiger partial charge is 0.245 e. The summed E-state index contributed by atoms with van der Waals surface area (Å²) < 4.78 is 11.5. The highest BCUT2D eigenvalue weighted by molar-refractivity contribution is 6.31. The summed E-state index contributed by atoms with van der Waals surface area (Å²) >= 11 is 6.23. The molecule has 1 aromatic carbocycles. The molecule has 3 fully saturated rings. The summed E-state index contributed by atoms with van der Waals surface area (Å²) in [5, 5.41) is 0.619. The first kappa shape index (κ1) is 17.8. The van der Waals surface area contributed by atoms with Gasteiger partial charge in [-0.25, -0.2) is 0 Å². The van der Waals surface area contributed by atoms with Crippen LogP contribution in [0.2, 0.25) is 5.02 Å². The van der Waals surface area contributed by atoms with E-state index in [2.05, 4.69) is 0 Å². The SMILES string of the molecule is O=C([C@H]1CCC(=O)N1Cc1ccccc1Cl)N1CCC2(CC1)OCCO2. The molecule has 3 heterocycles. The summed E-state index contributed by atoms with van der Waals surface area (Å²) in [5.74, 6) is -0.463. The third-order valence-corrected chi connectivity index (χ3v) is 5.93. The Balaban J connectivity index is 1.43. The van der Waals surface area contributed by atoms with Crippen molar-refractivity contribution >= 4 is 23.4 Å². The number of rotatable bonds is 3. The second kappa shape index (κ2) is 7.18. The number of piperidine rings is 1. The Hall–Kier alpha value is -1.63. The molecule has 3 aliphatic rings. The molecule has 3 aliphatic heterocycles. The van der Waals surface area contributed by atoms with Crippen molar-refractivity contribution in [2.45, 2.75) is 44.1 Å². The van der Waals surface area contributed by atoms with E-state index in [0.29, 0.717) is 63.6 Å². The van der Waals surface area contributed by atoms with Gasteiger partial charge in [0.1, 0.15) is 6.04 Å². The molecule has 0 N–H and O–H groups in total. The zero-order valence-electron chi connectivity index (χ0n) is 14.7. The Morgan fingerprint density at radius 2 is 1.88 bits per heavy atom. The van der Waals surface area contributed by atoms with Gasteiger partial charge in [-0.3, -0.25) is 9.59 Å². The van der Waals surface area contributed by atoms with Crippen LogP contribution in [0.15, 0.2) is 24.3 Å². The molecule has 0 aromatic heterocycles. The van der Waals surface area contributed by atoms with E-state index in [1.165, 1.54) is 0 Å². The molecule has 1 aromatic rings. The van der Waals surface area contributed by atoms with Crippen LogP contribution in [0.1, 0.15) is 31.2 Å². The Bertz CT molecular complexity index is 695. The van der Waals surface area contributed by atoms with Crippen LogP contribution in [0.25, 0.3) is 0 Å². The molecule has 140 valence electrons. The van der Waals surface area contributed by atoms with Crippen LogP contribution in [0.3, 0.4) is 0 Å². The van der Waals surface area contributed by atoms with Crippen molar-refractivity contribution in [1.82, 2.24) is 9.80 Å². The van der Waals surface area contributed by atoms with E-state index in [0.717, 1.165) is 5.56 Å². The predicted molar refractivity (Wildman–Crippen MR) is 95.5 cm³/mol. The summed E-state index contributed by atoms with van der Waals surface area (Å²) in [7, 11) is 0. The lowest BCUT2D eigenvalue weighted by Crippen LogP contribution is -2.52. The van der Waals surface area contributed by atoms with Crippen LogP contribution in [0.5, 0.6) is 0 Å². The number of likely N-dealkylation sites (tertiary alicyclic amines) is 2. The van der Waals surface area contributed by atoms with Crippen LogP contribution in [-0.2, 0) is 25.6 Å². The monoisotopic (exact) mass is 378 g/mol. The number of nitrogens with zero attached hydrogens (tertiary/aromatic N) is 2. The van der Waals surface area contributed by atoms with Crippen molar-refractivity contribution < 1.29 is 19.1 Å². The average Bonchev–Trinajstić information content (AvgIpc) is 3.25. The summed E-state index contributed by atoms with van der Waals surface area (Å²) in [5.41, 5.74) is 0.868. The van der Waals surface area contributed by atoms with Crippen molar-refractivity contribution in [2.24, 2.45) is 0 Å². The summed E-state index contributed by atoms with van der Waals surface area (Å²) in [6, 6.07) is 7.05. The van der Waals surface area contributed by atoms with Gasteiger partial charge in [0.15, 0.2) is 5.79 Å². The molecule has 0 unspecified atom stereocenters. The van der Waals surface area contributed by atoms with E-state index < -0.39 is 11.8 Å². The van der Waals surface area contributed by atoms with E-state index in [4.69, 9.17) is 21.1 Å². The Labute approximate surface area is 158 Å². The third-order valence-electron chi connectivity index (χ3n) is 5.56. The summed E-state index contributed by atoms with van der Waals surface area (Å²) in [6.45, 7) is 2.82. The van der Waals surface area contributed by atoms with E-state index in [1.807, 2.05) is 23.1 Å². The van der Waals surface area contributed by atoms with Crippen molar-refractivity contribution in [3.63, 3.8) is 0 Å². The molecule has 4 rings (SSSR count). The van der Waals surface area contributed by atoms with E-state index in [9.17, 15) is 9.59 Å². The largest absolute Gasteiger partial charge is 0.347 e. The topological polar surface area (TPSA) is 59.1 Å². The van der Waals surface area contributed by atoms with Crippen molar-refractivity contribution in [1.29, 1.82) is 0 Å². The van der Waals surface area contributed by atoms with Crippen molar-refractivity contribution in [3.8, 4) is 0 Å². The minimum Gasteiger partial charge on any atom is -0.347 e. The van der Waals surface area contributed by atoms with Crippen LogP contribution in [-0.4, -0.2) is 59.7 Å². The normalized spacial score (nSPS) is 25.3. The zero-order chi connectivity index (χ0) is 18.1. The number of ether oxygens (including phenoxy) is 2. The van der Waals surface area contributed by atoms with Crippen molar-refractivity contribution in [2.75, 3.05) is 26.3 Å². The fraction of sp³-hybridized carbons (Fsp3) is 0.579. The highest BCUT2D eigenvalue weighted by Gasteiger charge is 2.44. The fourth-order valence-corrected chi connectivity index (χ4v) is 4.26. The number of hydrogen-bond acceptors (Lipinski definition) is 4. The minimum absolute atomic E-state index is 0.0132. The molecular formula is C19H23ClN2O4. The van der Waals surface area contributed by atoms with Gasteiger partial charge in [0.25, 0.3) is 0 Å². The van der Waals surface area contributed by atoms with Crippen LogP contribution >= 0.6 is 11.6 Å². The fourth-order valence-electron chi connectivity index (χ4n) is 4.06. The van der Waals surface area contributed by atoms with Gasteiger partial charge < -0.3 is 19.3 Å². The molecule has 6 nitrogen and oxygen atoms in total. The maximum Gasteiger partial charge on any atom is 0.245 e. The van der Waals surface area contributed by atoms with Gasteiger partial charge in [0.2, 0.25) is 11.8 Å². The molecule has 3 saturated heterocycles. The molecule has 1 atom stereocenters. The number of amides is 2. The van der Waals surface area contributed by atoms with Gasteiger partial charge in [-0.1, -0.05) is 29.8 Å². The van der Waals surface area contributed by atoms with Gasteiger partial charge in [0, 0.05) is 43.9 Å². The second-order valence-corrected chi connectivity index (χ2v) is 7.51. The Kier molecular flexibility index (Phi) is 4.90. The van der Waals surface area contributed by atoms with Crippen LogP contribution in [0.4, 0.5) is 0 Å². The van der Waals surface area contributed by atoms with Gasteiger partial charge in [-0.2, -0.15) is 0 Å². The zero-order valence-corrected chi connectivity index (χ0v) is 15.4. The molecule has 26 heavy (non-hydrogen) atoms. The van der Waals surface area contributed by atoms with E-state index >= 15 is 0 Å². The third kappa shape index (κ3) is 3.33. The maximum atomic E-state index is 13.1. The first-order chi connectivity index (χ1) is 12.6. The van der Waals surface area contributed by atoms with Gasteiger partial charge >= 0.3 is 0 Å². The number of hydrogen-bond donors (Lipinski definition) is 0. The predicted octanol–water partition coefficient (Wildman–Crippen LogP) is 2.20. The van der Waals surface area contributed by atoms with Crippen LogP contribution < -0.4 is 0 Å². The molecular weight excluding hydrogens is 356 g/mol. The lowest BCUT2D eigenvalue weighted by molar-refractivity contribution is -0.188. The van der Waals surface area contributed by atoms with Crippen molar-refractivity contribution in [3.05, 3.63) is 34.9 Å². The lowest BCUT2D eigenvalue weighted by Gasteiger charge is -2.39. The van der Waals surface area contributed by atoms with Gasteiger partial charge in [-0.05, 0) is 18.1 Å². The van der Waals surface area contributed by atoms with E-state index in [1.54, 1.807) is 11.0 Å². The first-order valence-corrected chi connectivity index (χ1v) is 9.55. The minimum atomic E-state index is -0.500. The van der Waals surface area contributed by atoms with E-state index in [-0.39, 0.29) is 11.8 Å². The Morgan fingerprint density at radius 1 is 1.19 bits per heavy atom. The summed E-state index contributed by atoms with van der Waals surface area (Å²) in [6.07, 6.45) is 2.34. The number of benzene rings is 1. The first-order valence-electron chi connectivity index (χ1n) is 9.18. The number of carbonyl (C=O) groups is 2. The molecule has 1 spiro atoms. The number of carbonyl (C=O) groups excluding carboxylic acids is 2. The average molecular weight is 379 g/mol.